The van der Waals surface area contributed by atoms with E-state index in [1.54, 1.807) is 6.08 Å². The maximum Gasteiger partial charge on any atom is 0.158 e. The molecule has 0 N–H and O–H groups in total. The standard InChI is InChI=1S/C10H12N2.C3H8/c1-4-8-6-7-9(5-2)12-10(8)11-3;1-3-2/h4,6-7H,1,3,5H2,2H3;3H2,1-2H3. The van der Waals surface area contributed by atoms with Gasteiger partial charge in [-0.15, -0.1) is 0 Å². The minimum Gasteiger partial charge on any atom is -0.245 e. The number of pyridine rings is 1. The van der Waals surface area contributed by atoms with Crippen LogP contribution in [0, 0.1) is 0 Å². The molecule has 0 bridgehead atoms. The van der Waals surface area contributed by atoms with Crippen LogP contribution in [0.15, 0.2) is 23.7 Å². The zero-order valence-electron chi connectivity index (χ0n) is 9.95. The van der Waals surface area contributed by atoms with Crippen molar-refractivity contribution < 1.29 is 0 Å². The summed E-state index contributed by atoms with van der Waals surface area (Å²) >= 11 is 0. The van der Waals surface area contributed by atoms with E-state index in [0.717, 1.165) is 17.7 Å². The van der Waals surface area contributed by atoms with E-state index in [9.17, 15) is 0 Å². The van der Waals surface area contributed by atoms with Crippen molar-refractivity contribution in [3.8, 4) is 0 Å². The maximum atomic E-state index is 4.28. The third-order valence-corrected chi connectivity index (χ3v) is 1.69. The molecule has 1 heterocycles. The van der Waals surface area contributed by atoms with Gasteiger partial charge in [0, 0.05) is 11.3 Å². The molecule has 0 fully saturated rings. The zero-order chi connectivity index (χ0) is 11.7. The van der Waals surface area contributed by atoms with Gasteiger partial charge in [-0.05, 0) is 25.3 Å². The first-order chi connectivity index (χ1) is 7.23. The predicted octanol–water partition coefficient (Wildman–Crippen LogP) is 4.04. The van der Waals surface area contributed by atoms with Gasteiger partial charge < -0.3 is 0 Å². The number of hydrogen-bond donors (Lipinski definition) is 0. The summed E-state index contributed by atoms with van der Waals surface area (Å²) in [6.45, 7) is 13.4. The molecule has 0 atom stereocenters. The first-order valence-electron chi connectivity index (χ1n) is 5.32. The molecule has 0 saturated heterocycles. The van der Waals surface area contributed by atoms with Crippen LogP contribution in [0.3, 0.4) is 0 Å². The van der Waals surface area contributed by atoms with Gasteiger partial charge in [-0.25, -0.2) is 9.98 Å². The summed E-state index contributed by atoms with van der Waals surface area (Å²) in [6.07, 6.45) is 3.90. The van der Waals surface area contributed by atoms with Crippen molar-refractivity contribution in [2.45, 2.75) is 33.6 Å². The van der Waals surface area contributed by atoms with Crippen molar-refractivity contribution in [1.29, 1.82) is 0 Å². The third-order valence-electron chi connectivity index (χ3n) is 1.69. The normalized spacial score (nSPS) is 8.73. The zero-order valence-corrected chi connectivity index (χ0v) is 9.95. The molecule has 15 heavy (non-hydrogen) atoms. The van der Waals surface area contributed by atoms with Gasteiger partial charge >= 0.3 is 0 Å². The highest BCUT2D eigenvalue weighted by Crippen LogP contribution is 2.17. The maximum absolute atomic E-state index is 4.28. The highest BCUT2D eigenvalue weighted by atomic mass is 14.9. The second-order valence-electron chi connectivity index (χ2n) is 3.14. The summed E-state index contributed by atoms with van der Waals surface area (Å²) in [5.41, 5.74) is 1.96. The minimum absolute atomic E-state index is 0.671. The van der Waals surface area contributed by atoms with Gasteiger partial charge in [0.25, 0.3) is 0 Å². The molecule has 1 aromatic heterocycles. The first-order valence-corrected chi connectivity index (χ1v) is 5.32. The monoisotopic (exact) mass is 204 g/mol. The fourth-order valence-electron chi connectivity index (χ4n) is 0.981. The van der Waals surface area contributed by atoms with E-state index in [0.29, 0.717) is 5.82 Å². The minimum atomic E-state index is 0.671. The molecule has 0 aliphatic rings. The second kappa shape index (κ2) is 7.92. The van der Waals surface area contributed by atoms with Crippen LogP contribution in [0.1, 0.15) is 38.4 Å². The summed E-state index contributed by atoms with van der Waals surface area (Å²) < 4.78 is 0. The number of aryl methyl sites for hydroxylation is 1. The summed E-state index contributed by atoms with van der Waals surface area (Å²) in [4.78, 5) is 8.10. The molecule has 0 saturated carbocycles. The van der Waals surface area contributed by atoms with Crippen LogP contribution in [0.5, 0.6) is 0 Å². The Morgan fingerprint density at radius 3 is 2.33 bits per heavy atom. The Hall–Kier alpha value is -1.44. The molecule has 0 aromatic carbocycles. The highest BCUT2D eigenvalue weighted by Gasteiger charge is 1.98. The molecule has 0 unspecified atom stereocenters. The van der Waals surface area contributed by atoms with Gasteiger partial charge in [-0.1, -0.05) is 39.8 Å². The Morgan fingerprint density at radius 1 is 1.33 bits per heavy atom. The lowest BCUT2D eigenvalue weighted by atomic mass is 10.2. The highest BCUT2D eigenvalue weighted by molar-refractivity contribution is 5.61. The van der Waals surface area contributed by atoms with Gasteiger partial charge in [-0.3, -0.25) is 0 Å². The van der Waals surface area contributed by atoms with Crippen molar-refractivity contribution >= 4 is 18.6 Å². The van der Waals surface area contributed by atoms with Crippen LogP contribution < -0.4 is 0 Å². The van der Waals surface area contributed by atoms with Crippen molar-refractivity contribution in [2.24, 2.45) is 4.99 Å². The van der Waals surface area contributed by atoms with Crippen molar-refractivity contribution in [2.75, 3.05) is 0 Å². The quantitative estimate of drug-likeness (QED) is 0.682. The van der Waals surface area contributed by atoms with E-state index < -0.39 is 0 Å². The number of nitrogens with zero attached hydrogens (tertiary/aromatic N) is 2. The van der Waals surface area contributed by atoms with Crippen molar-refractivity contribution in [1.82, 2.24) is 4.98 Å². The van der Waals surface area contributed by atoms with Crippen LogP contribution in [0.25, 0.3) is 6.08 Å². The largest absolute Gasteiger partial charge is 0.245 e. The Bertz CT molecular complexity index is 316. The molecule has 2 nitrogen and oxygen atoms in total. The van der Waals surface area contributed by atoms with E-state index in [1.165, 1.54) is 6.42 Å². The molecule has 1 rings (SSSR count). The molecule has 0 aliphatic heterocycles. The molecular formula is C13H20N2. The molecule has 0 spiro atoms. The topological polar surface area (TPSA) is 25.2 Å². The summed E-state index contributed by atoms with van der Waals surface area (Å²) in [6, 6.07) is 3.94. The lowest BCUT2D eigenvalue weighted by Crippen LogP contribution is -1.87. The lowest BCUT2D eigenvalue weighted by molar-refractivity contribution is 1.03. The fourth-order valence-corrected chi connectivity index (χ4v) is 0.981. The Balaban J connectivity index is 0.000000583. The predicted molar refractivity (Wildman–Crippen MR) is 68.9 cm³/mol. The van der Waals surface area contributed by atoms with Gasteiger partial charge in [0.15, 0.2) is 5.82 Å². The molecule has 1 aromatic rings. The average molecular weight is 204 g/mol. The van der Waals surface area contributed by atoms with Gasteiger partial charge in [0.2, 0.25) is 0 Å². The average Bonchev–Trinajstić information content (AvgIpc) is 2.29. The van der Waals surface area contributed by atoms with E-state index in [1.807, 2.05) is 12.1 Å². The lowest BCUT2D eigenvalue weighted by Gasteiger charge is -2.00. The fraction of sp³-hybridized carbons (Fsp3) is 0.385. The Kier molecular flexibility index (Phi) is 7.16. The van der Waals surface area contributed by atoms with Gasteiger partial charge in [0.1, 0.15) is 0 Å². The van der Waals surface area contributed by atoms with E-state index in [2.05, 4.69) is 44.0 Å². The molecule has 82 valence electrons. The second-order valence-corrected chi connectivity index (χ2v) is 3.14. The van der Waals surface area contributed by atoms with Gasteiger partial charge in [-0.2, -0.15) is 0 Å². The number of hydrogen-bond acceptors (Lipinski definition) is 2. The van der Waals surface area contributed by atoms with Crippen LogP contribution in [-0.2, 0) is 6.42 Å². The molecule has 0 aliphatic carbocycles. The number of rotatable bonds is 3. The first kappa shape index (κ1) is 13.6. The molecule has 2 heteroatoms. The van der Waals surface area contributed by atoms with Crippen LogP contribution in [-0.4, -0.2) is 11.7 Å². The van der Waals surface area contributed by atoms with E-state index in [4.69, 9.17) is 0 Å². The molecule has 0 radical (unpaired) electrons. The molecule has 0 amide bonds. The van der Waals surface area contributed by atoms with Crippen LogP contribution >= 0.6 is 0 Å². The van der Waals surface area contributed by atoms with E-state index >= 15 is 0 Å². The van der Waals surface area contributed by atoms with E-state index in [-0.39, 0.29) is 0 Å². The number of aromatic nitrogens is 1. The smallest absolute Gasteiger partial charge is 0.158 e. The third kappa shape index (κ3) is 4.54. The molecular weight excluding hydrogens is 184 g/mol. The number of aliphatic imine (C=N–C) groups is 1. The summed E-state index contributed by atoms with van der Waals surface area (Å²) in [5, 5.41) is 0. The van der Waals surface area contributed by atoms with Crippen molar-refractivity contribution in [3.63, 3.8) is 0 Å². The van der Waals surface area contributed by atoms with Gasteiger partial charge in [0.05, 0.1) is 0 Å². The summed E-state index contributed by atoms with van der Waals surface area (Å²) in [7, 11) is 0. The Labute approximate surface area is 92.8 Å². The van der Waals surface area contributed by atoms with Crippen molar-refractivity contribution in [3.05, 3.63) is 30.0 Å². The Morgan fingerprint density at radius 2 is 1.93 bits per heavy atom. The van der Waals surface area contributed by atoms with Crippen LogP contribution in [0.4, 0.5) is 5.82 Å². The SMILES string of the molecule is C=Cc1ccc(CC)nc1N=C.CCC. The van der Waals surface area contributed by atoms with Crippen LogP contribution in [0.2, 0.25) is 0 Å². The summed E-state index contributed by atoms with van der Waals surface area (Å²) in [5.74, 6) is 0.671.